The van der Waals surface area contributed by atoms with Crippen molar-refractivity contribution >= 4 is 28.2 Å². The van der Waals surface area contributed by atoms with Gasteiger partial charge >= 0.3 is 0 Å². The van der Waals surface area contributed by atoms with Gasteiger partial charge in [-0.25, -0.2) is 4.98 Å². The number of amides is 1. The highest BCUT2D eigenvalue weighted by molar-refractivity contribution is 7.18. The fraction of sp³-hybridized carbons (Fsp3) is 0.692. The Labute approximate surface area is 128 Å². The molecule has 7 nitrogen and oxygen atoms in total. The average molecular weight is 316 g/mol. The number of nitrogens with one attached hydrogen (secondary N) is 2. The van der Waals surface area contributed by atoms with Gasteiger partial charge in [0.2, 0.25) is 0 Å². The summed E-state index contributed by atoms with van der Waals surface area (Å²) >= 11 is 1.21. The van der Waals surface area contributed by atoms with Gasteiger partial charge in [0, 0.05) is 25.8 Å². The highest BCUT2D eigenvalue weighted by atomic mass is 32.1. The summed E-state index contributed by atoms with van der Waals surface area (Å²) in [6.07, 6.45) is 1.21. The number of thiazole rings is 1. The Morgan fingerprint density at radius 1 is 1.57 bits per heavy atom. The average Bonchev–Trinajstić information content (AvgIpc) is 2.80. The molecule has 120 valence electrons. The second-order valence-electron chi connectivity index (χ2n) is 4.99. The quantitative estimate of drug-likeness (QED) is 0.507. The molecule has 0 saturated heterocycles. The van der Waals surface area contributed by atoms with Crippen LogP contribution in [-0.4, -0.2) is 48.4 Å². The highest BCUT2D eigenvalue weighted by Gasteiger charge is 2.26. The van der Waals surface area contributed by atoms with Crippen LogP contribution >= 0.6 is 11.3 Å². The van der Waals surface area contributed by atoms with E-state index in [0.717, 1.165) is 6.42 Å². The second kappa shape index (κ2) is 8.16. The van der Waals surface area contributed by atoms with Gasteiger partial charge in [0.1, 0.15) is 10.7 Å². The Bertz CT molecular complexity index is 466. The van der Waals surface area contributed by atoms with Crippen LogP contribution in [0.15, 0.2) is 0 Å². The Morgan fingerprint density at radius 2 is 2.29 bits per heavy atom. The van der Waals surface area contributed by atoms with E-state index >= 15 is 0 Å². The first-order chi connectivity index (χ1) is 9.95. The fourth-order valence-electron chi connectivity index (χ4n) is 1.74. The van der Waals surface area contributed by atoms with Gasteiger partial charge in [0.05, 0.1) is 6.61 Å². The first-order valence-electron chi connectivity index (χ1n) is 6.88. The molecule has 1 aromatic rings. The van der Waals surface area contributed by atoms with Gasteiger partial charge in [-0.2, -0.15) is 0 Å². The maximum atomic E-state index is 12.3. The predicted molar refractivity (Wildman–Crippen MR) is 84.8 cm³/mol. The minimum Gasteiger partial charge on any atom is -0.396 e. The van der Waals surface area contributed by atoms with Gasteiger partial charge < -0.3 is 26.2 Å². The van der Waals surface area contributed by atoms with Crippen LogP contribution in [0.5, 0.6) is 0 Å². The molecule has 1 aromatic heterocycles. The summed E-state index contributed by atoms with van der Waals surface area (Å²) in [4.78, 5) is 16.8. The normalized spacial score (nSPS) is 13.7. The molecule has 0 spiro atoms. The van der Waals surface area contributed by atoms with E-state index in [4.69, 9.17) is 15.6 Å². The Balaban J connectivity index is 2.73. The van der Waals surface area contributed by atoms with Crippen molar-refractivity contribution in [3.63, 3.8) is 0 Å². The Hall–Kier alpha value is -1.38. The van der Waals surface area contributed by atoms with E-state index < -0.39 is 5.54 Å². The number of aromatic nitrogens is 1. The molecule has 0 aliphatic carbocycles. The largest absolute Gasteiger partial charge is 0.396 e. The van der Waals surface area contributed by atoms with E-state index in [0.29, 0.717) is 29.6 Å². The molecule has 0 bridgehead atoms. The lowest BCUT2D eigenvalue weighted by Crippen LogP contribution is -2.46. The van der Waals surface area contributed by atoms with Gasteiger partial charge in [-0.15, -0.1) is 0 Å². The Kier molecular flexibility index (Phi) is 6.86. The van der Waals surface area contributed by atoms with Crippen molar-refractivity contribution in [1.29, 1.82) is 0 Å². The molecule has 1 atom stereocenters. The lowest BCUT2D eigenvalue weighted by Gasteiger charge is -2.28. The third-order valence-corrected chi connectivity index (χ3v) is 4.33. The third kappa shape index (κ3) is 5.14. The van der Waals surface area contributed by atoms with E-state index in [9.17, 15) is 4.79 Å². The van der Waals surface area contributed by atoms with E-state index in [-0.39, 0.29) is 18.3 Å². The van der Waals surface area contributed by atoms with E-state index in [1.807, 2.05) is 13.8 Å². The molecule has 0 radical (unpaired) electrons. The van der Waals surface area contributed by atoms with Crippen molar-refractivity contribution in [2.45, 2.75) is 32.2 Å². The van der Waals surface area contributed by atoms with Gasteiger partial charge in [-0.1, -0.05) is 18.3 Å². The third-order valence-electron chi connectivity index (χ3n) is 3.30. The molecule has 0 aliphatic rings. The minimum absolute atomic E-state index is 0.0205. The zero-order valence-corrected chi connectivity index (χ0v) is 13.5. The van der Waals surface area contributed by atoms with E-state index in [1.165, 1.54) is 11.3 Å². The summed E-state index contributed by atoms with van der Waals surface area (Å²) in [5.74, 6) is -0.0533. The number of carbonyl (C=O) groups excluding carboxylic acids is 1. The van der Waals surface area contributed by atoms with Gasteiger partial charge in [0.15, 0.2) is 5.13 Å². The molecule has 21 heavy (non-hydrogen) atoms. The first kappa shape index (κ1) is 17.7. The van der Waals surface area contributed by atoms with E-state index in [1.54, 1.807) is 7.11 Å². The topological polar surface area (TPSA) is 110 Å². The van der Waals surface area contributed by atoms with Crippen molar-refractivity contribution in [3.05, 3.63) is 4.88 Å². The number of aliphatic hydroxyl groups excluding tert-OH is 1. The lowest BCUT2D eigenvalue weighted by atomic mass is 9.95. The van der Waals surface area contributed by atoms with Crippen molar-refractivity contribution in [2.24, 2.45) is 0 Å². The molecular weight excluding hydrogens is 292 g/mol. The summed E-state index contributed by atoms with van der Waals surface area (Å²) in [5.41, 5.74) is 5.35. The van der Waals surface area contributed by atoms with Crippen LogP contribution in [-0.2, 0) is 4.74 Å². The van der Waals surface area contributed by atoms with Crippen LogP contribution in [0.4, 0.5) is 10.9 Å². The van der Waals surface area contributed by atoms with Crippen molar-refractivity contribution in [3.8, 4) is 0 Å². The number of aliphatic hydroxyl groups is 1. The highest BCUT2D eigenvalue weighted by Crippen LogP contribution is 2.26. The number of hydrogen-bond donors (Lipinski definition) is 4. The molecule has 1 rings (SSSR count). The van der Waals surface area contributed by atoms with Gasteiger partial charge in [-0.05, 0) is 19.8 Å². The van der Waals surface area contributed by atoms with Gasteiger partial charge in [0.25, 0.3) is 5.91 Å². The maximum absolute atomic E-state index is 12.3. The first-order valence-corrected chi connectivity index (χ1v) is 7.70. The number of rotatable bonds is 9. The molecule has 5 N–H and O–H groups in total. The van der Waals surface area contributed by atoms with Crippen molar-refractivity contribution in [1.82, 2.24) is 10.3 Å². The summed E-state index contributed by atoms with van der Waals surface area (Å²) in [6.45, 7) is 5.03. The molecule has 0 aliphatic heterocycles. The molecule has 1 heterocycles. The number of hydrogen-bond acceptors (Lipinski definition) is 7. The summed E-state index contributed by atoms with van der Waals surface area (Å²) < 4.78 is 4.94. The van der Waals surface area contributed by atoms with Crippen LogP contribution in [0.25, 0.3) is 0 Å². The number of nitrogens with two attached hydrogens (primary N) is 1. The number of ether oxygens (including phenoxy) is 1. The standard InChI is InChI=1S/C13H24N4O3S/c1-4-13(2,5-7-18)17-11(19)9-10(14)16-12(21-9)15-6-8-20-3/h18H,4-8,14H2,1-3H3,(H,15,16)(H,17,19). The van der Waals surface area contributed by atoms with Crippen LogP contribution < -0.4 is 16.4 Å². The fourth-order valence-corrected chi connectivity index (χ4v) is 2.54. The molecule has 0 fully saturated rings. The molecular formula is C13H24N4O3S. The minimum atomic E-state index is -0.452. The molecule has 8 heteroatoms. The number of nitrogens with zero attached hydrogens (tertiary/aromatic N) is 1. The van der Waals surface area contributed by atoms with Crippen LogP contribution in [0.1, 0.15) is 36.4 Å². The summed E-state index contributed by atoms with van der Waals surface area (Å²) in [5, 5.41) is 15.6. The predicted octanol–water partition coefficient (Wildman–Crippen LogP) is 1.06. The number of nitrogen functional groups attached to an aromatic ring is 1. The van der Waals surface area contributed by atoms with Crippen molar-refractivity contribution in [2.75, 3.05) is 37.9 Å². The van der Waals surface area contributed by atoms with Crippen LogP contribution in [0, 0.1) is 0 Å². The van der Waals surface area contributed by atoms with Crippen LogP contribution in [0.2, 0.25) is 0 Å². The molecule has 1 amide bonds. The zero-order chi connectivity index (χ0) is 15.9. The lowest BCUT2D eigenvalue weighted by molar-refractivity contribution is 0.0891. The van der Waals surface area contributed by atoms with Crippen molar-refractivity contribution < 1.29 is 14.6 Å². The molecule has 0 saturated carbocycles. The summed E-state index contributed by atoms with van der Waals surface area (Å²) in [6, 6.07) is 0. The smallest absolute Gasteiger partial charge is 0.265 e. The number of methoxy groups -OCH3 is 1. The van der Waals surface area contributed by atoms with Crippen LogP contribution in [0.3, 0.4) is 0 Å². The number of carbonyl (C=O) groups is 1. The SMILES string of the molecule is CCC(C)(CCO)NC(=O)c1sc(NCCOC)nc1N. The van der Waals surface area contributed by atoms with E-state index in [2.05, 4.69) is 15.6 Å². The zero-order valence-electron chi connectivity index (χ0n) is 12.7. The second-order valence-corrected chi connectivity index (χ2v) is 5.99. The monoisotopic (exact) mass is 316 g/mol. The number of anilines is 2. The molecule has 1 unspecified atom stereocenters. The Morgan fingerprint density at radius 3 is 2.86 bits per heavy atom. The summed E-state index contributed by atoms with van der Waals surface area (Å²) in [7, 11) is 1.61. The maximum Gasteiger partial charge on any atom is 0.265 e. The molecule has 0 aromatic carbocycles. The van der Waals surface area contributed by atoms with Gasteiger partial charge in [-0.3, -0.25) is 4.79 Å².